The lowest BCUT2D eigenvalue weighted by atomic mass is 9.99. The summed E-state index contributed by atoms with van der Waals surface area (Å²) in [4.78, 5) is 25.5. The van der Waals surface area contributed by atoms with E-state index in [9.17, 15) is 18.0 Å². The van der Waals surface area contributed by atoms with E-state index in [-0.39, 0.29) is 36.1 Å². The van der Waals surface area contributed by atoms with E-state index < -0.39 is 21.9 Å². The SMILES string of the molecule is CCOC(=O)c1c(S(=O)(=O)N2CCC[C@H](C(=O)Nc3ccc(OCC)cc3)C2)c(C)n(C)c1C. The van der Waals surface area contributed by atoms with Crippen molar-refractivity contribution in [1.82, 2.24) is 8.87 Å². The summed E-state index contributed by atoms with van der Waals surface area (Å²) in [5.74, 6) is -0.702. The van der Waals surface area contributed by atoms with Crippen LogP contribution in [-0.2, 0) is 26.6 Å². The fourth-order valence-electron chi connectivity index (χ4n) is 4.23. The third-order valence-electron chi connectivity index (χ3n) is 6.19. The number of nitrogens with zero attached hydrogens (tertiary/aromatic N) is 2. The highest BCUT2D eigenvalue weighted by atomic mass is 32.2. The zero-order valence-corrected chi connectivity index (χ0v) is 21.2. The van der Waals surface area contributed by atoms with Gasteiger partial charge in [0.2, 0.25) is 15.9 Å². The highest BCUT2D eigenvalue weighted by Gasteiger charge is 2.39. The number of rotatable bonds is 8. The van der Waals surface area contributed by atoms with Gasteiger partial charge in [-0.15, -0.1) is 0 Å². The third kappa shape index (κ3) is 5.12. The van der Waals surface area contributed by atoms with Gasteiger partial charge in [0, 0.05) is 37.2 Å². The quantitative estimate of drug-likeness (QED) is 0.568. The topological polar surface area (TPSA) is 107 Å². The van der Waals surface area contributed by atoms with Gasteiger partial charge in [0.1, 0.15) is 16.2 Å². The molecule has 34 heavy (non-hydrogen) atoms. The normalized spacial score (nSPS) is 16.8. The second kappa shape index (κ2) is 10.6. The first-order valence-electron chi connectivity index (χ1n) is 11.5. The Hall–Kier alpha value is -2.85. The number of aromatic nitrogens is 1. The van der Waals surface area contributed by atoms with Crippen LogP contribution in [0.2, 0.25) is 0 Å². The average molecular weight is 492 g/mol. The van der Waals surface area contributed by atoms with Crippen molar-refractivity contribution in [3.8, 4) is 5.75 Å². The van der Waals surface area contributed by atoms with Crippen LogP contribution >= 0.6 is 0 Å². The van der Waals surface area contributed by atoms with Gasteiger partial charge in [-0.3, -0.25) is 4.79 Å². The number of carbonyl (C=O) groups is 2. The number of hydrogen-bond acceptors (Lipinski definition) is 6. The largest absolute Gasteiger partial charge is 0.494 e. The van der Waals surface area contributed by atoms with Gasteiger partial charge < -0.3 is 19.4 Å². The maximum atomic E-state index is 13.7. The number of sulfonamides is 1. The van der Waals surface area contributed by atoms with Crippen molar-refractivity contribution in [2.75, 3.05) is 31.6 Å². The molecule has 10 heteroatoms. The predicted octanol–water partition coefficient (Wildman–Crippen LogP) is 3.26. The van der Waals surface area contributed by atoms with E-state index in [1.54, 1.807) is 56.7 Å². The van der Waals surface area contributed by atoms with Gasteiger partial charge in [-0.05, 0) is 64.8 Å². The maximum Gasteiger partial charge on any atom is 0.341 e. The fraction of sp³-hybridized carbons (Fsp3) is 0.500. The summed E-state index contributed by atoms with van der Waals surface area (Å²) < 4.78 is 40.9. The molecule has 2 heterocycles. The Labute approximate surface area is 201 Å². The van der Waals surface area contributed by atoms with Crippen LogP contribution in [0.5, 0.6) is 5.75 Å². The van der Waals surface area contributed by atoms with Gasteiger partial charge in [0.25, 0.3) is 0 Å². The van der Waals surface area contributed by atoms with Crippen molar-refractivity contribution >= 4 is 27.6 Å². The van der Waals surface area contributed by atoms with Gasteiger partial charge in [-0.2, -0.15) is 4.31 Å². The summed E-state index contributed by atoms with van der Waals surface area (Å²) >= 11 is 0. The van der Waals surface area contributed by atoms with Crippen molar-refractivity contribution in [1.29, 1.82) is 0 Å². The lowest BCUT2D eigenvalue weighted by molar-refractivity contribution is -0.120. The van der Waals surface area contributed by atoms with Crippen molar-refractivity contribution in [2.45, 2.75) is 45.4 Å². The number of esters is 1. The highest BCUT2D eigenvalue weighted by Crippen LogP contribution is 2.32. The molecule has 186 valence electrons. The number of carbonyl (C=O) groups excluding carboxylic acids is 2. The minimum absolute atomic E-state index is 0.0425. The van der Waals surface area contributed by atoms with Crippen LogP contribution in [-0.4, -0.2) is 55.5 Å². The molecule has 1 aliphatic heterocycles. The summed E-state index contributed by atoms with van der Waals surface area (Å²) in [7, 11) is -2.31. The van der Waals surface area contributed by atoms with Crippen molar-refractivity contribution in [3.05, 3.63) is 41.2 Å². The molecule has 0 aliphatic carbocycles. The van der Waals surface area contributed by atoms with E-state index in [0.717, 1.165) is 0 Å². The number of hydrogen-bond donors (Lipinski definition) is 1. The van der Waals surface area contributed by atoms with E-state index in [0.29, 0.717) is 42.3 Å². The zero-order valence-electron chi connectivity index (χ0n) is 20.4. The molecule has 0 bridgehead atoms. The number of anilines is 1. The lowest BCUT2D eigenvalue weighted by Gasteiger charge is -2.31. The molecular formula is C24H33N3O6S. The minimum atomic E-state index is -4.02. The smallest absolute Gasteiger partial charge is 0.341 e. The third-order valence-corrected chi connectivity index (χ3v) is 8.22. The molecule has 1 aromatic carbocycles. The molecule has 0 saturated carbocycles. The molecule has 0 spiro atoms. The Balaban J connectivity index is 1.82. The zero-order chi connectivity index (χ0) is 25.0. The molecule has 1 N–H and O–H groups in total. The number of benzene rings is 1. The Kier molecular flexibility index (Phi) is 8.04. The number of piperidine rings is 1. The van der Waals surface area contributed by atoms with Gasteiger partial charge in [-0.1, -0.05) is 0 Å². The Bertz CT molecular complexity index is 1150. The van der Waals surface area contributed by atoms with Crippen LogP contribution in [0.4, 0.5) is 5.69 Å². The second-order valence-electron chi connectivity index (χ2n) is 8.30. The first-order valence-corrected chi connectivity index (χ1v) is 12.9. The second-order valence-corrected chi connectivity index (χ2v) is 10.2. The van der Waals surface area contributed by atoms with E-state index >= 15 is 0 Å². The van der Waals surface area contributed by atoms with Crippen LogP contribution in [0.1, 0.15) is 48.4 Å². The summed E-state index contributed by atoms with van der Waals surface area (Å²) in [6, 6.07) is 7.05. The van der Waals surface area contributed by atoms with Crippen LogP contribution < -0.4 is 10.1 Å². The van der Waals surface area contributed by atoms with Crippen LogP contribution in [0.25, 0.3) is 0 Å². The van der Waals surface area contributed by atoms with Crippen molar-refractivity contribution < 1.29 is 27.5 Å². The first-order chi connectivity index (χ1) is 16.1. The predicted molar refractivity (Wildman–Crippen MR) is 129 cm³/mol. The van der Waals surface area contributed by atoms with Gasteiger partial charge in [0.15, 0.2) is 0 Å². The van der Waals surface area contributed by atoms with Gasteiger partial charge in [-0.25, -0.2) is 13.2 Å². The number of ether oxygens (including phenoxy) is 2. The molecular weight excluding hydrogens is 458 g/mol. The summed E-state index contributed by atoms with van der Waals surface area (Å²) in [5.41, 5.74) is 1.66. The van der Waals surface area contributed by atoms with E-state index in [1.165, 1.54) is 4.31 Å². The van der Waals surface area contributed by atoms with Crippen LogP contribution in [0.15, 0.2) is 29.2 Å². The standard InChI is InChI=1S/C24H33N3O6S/c1-6-32-20-12-10-19(11-13-20)25-23(28)18-9-8-14-27(15-18)34(30,31)22-17(4)26(5)16(3)21(22)24(29)33-7-2/h10-13,18H,6-9,14-15H2,1-5H3,(H,25,28)/t18-/m0/s1. The van der Waals surface area contributed by atoms with Crippen LogP contribution in [0, 0.1) is 19.8 Å². The molecule has 0 radical (unpaired) electrons. The minimum Gasteiger partial charge on any atom is -0.494 e. The number of nitrogens with one attached hydrogen (secondary N) is 1. The van der Waals surface area contributed by atoms with E-state index in [2.05, 4.69) is 5.32 Å². The first kappa shape index (κ1) is 25.8. The molecule has 1 fully saturated rings. The molecule has 1 aliphatic rings. The summed E-state index contributed by atoms with van der Waals surface area (Å²) in [5, 5.41) is 2.87. The average Bonchev–Trinajstić information content (AvgIpc) is 3.05. The molecule has 1 amide bonds. The van der Waals surface area contributed by atoms with E-state index in [4.69, 9.17) is 9.47 Å². The molecule has 1 aromatic heterocycles. The Morgan fingerprint density at radius 3 is 2.38 bits per heavy atom. The monoisotopic (exact) mass is 491 g/mol. The molecule has 1 saturated heterocycles. The summed E-state index contributed by atoms with van der Waals surface area (Å²) in [6.07, 6.45) is 1.12. The van der Waals surface area contributed by atoms with Crippen LogP contribution in [0.3, 0.4) is 0 Å². The molecule has 3 rings (SSSR count). The van der Waals surface area contributed by atoms with Crippen molar-refractivity contribution in [2.24, 2.45) is 13.0 Å². The Morgan fingerprint density at radius 2 is 1.76 bits per heavy atom. The molecule has 1 atom stereocenters. The highest BCUT2D eigenvalue weighted by molar-refractivity contribution is 7.89. The molecule has 0 unspecified atom stereocenters. The van der Waals surface area contributed by atoms with Crippen molar-refractivity contribution in [3.63, 3.8) is 0 Å². The van der Waals surface area contributed by atoms with E-state index in [1.807, 2.05) is 6.92 Å². The fourth-order valence-corrected chi connectivity index (χ4v) is 6.23. The maximum absolute atomic E-state index is 13.7. The Morgan fingerprint density at radius 1 is 1.09 bits per heavy atom. The molecule has 2 aromatic rings. The summed E-state index contributed by atoms with van der Waals surface area (Å²) in [6.45, 7) is 7.96. The number of amides is 1. The van der Waals surface area contributed by atoms with Gasteiger partial charge in [0.05, 0.1) is 19.1 Å². The van der Waals surface area contributed by atoms with Gasteiger partial charge >= 0.3 is 5.97 Å². The lowest BCUT2D eigenvalue weighted by Crippen LogP contribution is -2.44. The molecule has 9 nitrogen and oxygen atoms in total.